The molecule has 0 aromatic heterocycles. The van der Waals surface area contributed by atoms with E-state index in [4.69, 9.17) is 5.11 Å². The molecule has 1 aromatic rings. The molecule has 0 bridgehead atoms. The van der Waals surface area contributed by atoms with Crippen molar-refractivity contribution in [3.63, 3.8) is 0 Å². The number of halogens is 6. The van der Waals surface area contributed by atoms with E-state index in [2.05, 4.69) is 0 Å². The van der Waals surface area contributed by atoms with Crippen molar-refractivity contribution in [3.05, 3.63) is 34.9 Å². The zero-order chi connectivity index (χ0) is 13.4. The zero-order valence-electron chi connectivity index (χ0n) is 8.56. The summed E-state index contributed by atoms with van der Waals surface area (Å²) in [7, 11) is 0. The topological polar surface area (TPSA) is 37.3 Å². The quantitative estimate of drug-likeness (QED) is 0.506. The molecule has 0 aliphatic rings. The second kappa shape index (κ2) is 5.42. The summed E-state index contributed by atoms with van der Waals surface area (Å²) < 4.78 is 73.4. The van der Waals surface area contributed by atoms with E-state index in [0.717, 1.165) is 0 Å². The van der Waals surface area contributed by atoms with Crippen LogP contribution >= 0.6 is 0 Å². The van der Waals surface area contributed by atoms with Crippen LogP contribution in [-0.2, 0) is 12.4 Å². The number of carbonyl (C=O) groups is 1. The Labute approximate surface area is 116 Å². The van der Waals surface area contributed by atoms with Crippen LogP contribution in [0.1, 0.15) is 21.5 Å². The summed E-state index contributed by atoms with van der Waals surface area (Å²) >= 11 is 0. The zero-order valence-corrected chi connectivity index (χ0v) is 14.1. The van der Waals surface area contributed by atoms with Gasteiger partial charge in [-0.15, -0.1) is 0 Å². The fourth-order valence-corrected chi connectivity index (χ4v) is 1.08. The fraction of sp³-hybridized carbons (Fsp3) is 0.222. The van der Waals surface area contributed by atoms with Crippen molar-refractivity contribution in [2.75, 3.05) is 0 Å². The maximum atomic E-state index is 12.2. The third kappa shape index (κ3) is 4.12. The molecule has 0 saturated carbocycles. The molecule has 9 heteroatoms. The van der Waals surface area contributed by atoms with Gasteiger partial charge in [0.1, 0.15) is 0 Å². The van der Waals surface area contributed by atoms with Gasteiger partial charge in [0, 0.05) is 0 Å². The Kier molecular flexibility index (Phi) is 5.17. The number of carboxylic acids is 1. The molecule has 0 amide bonds. The first-order chi connectivity index (χ1) is 7.51. The van der Waals surface area contributed by atoms with E-state index < -0.39 is 35.0 Å². The first kappa shape index (κ1) is 17.2. The molecule has 0 spiro atoms. The summed E-state index contributed by atoms with van der Waals surface area (Å²) in [6.07, 6.45) is -10.1. The second-order valence-corrected chi connectivity index (χ2v) is 3.10. The monoisotopic (exact) mass is 470 g/mol. The molecule has 0 saturated heterocycles. The van der Waals surface area contributed by atoms with Crippen LogP contribution in [-0.4, -0.2) is 37.3 Å². The van der Waals surface area contributed by atoms with Gasteiger partial charge in [0.05, 0.1) is 16.7 Å². The third-order valence-corrected chi connectivity index (χ3v) is 1.83. The van der Waals surface area contributed by atoms with E-state index >= 15 is 0 Å². The normalized spacial score (nSPS) is 11.9. The van der Waals surface area contributed by atoms with Crippen LogP contribution in [0.15, 0.2) is 18.2 Å². The van der Waals surface area contributed by atoms with Gasteiger partial charge in [-0.25, -0.2) is 4.79 Å². The van der Waals surface area contributed by atoms with Crippen LogP contribution < -0.4 is 0 Å². The molecule has 102 valence electrons. The summed E-state index contributed by atoms with van der Waals surface area (Å²) in [5.74, 6) is -1.86. The minimum absolute atomic E-state index is 0. The van der Waals surface area contributed by atoms with Gasteiger partial charge in [-0.05, 0) is 18.2 Å². The number of hydrogen-bond donors (Lipinski definition) is 1. The summed E-state index contributed by atoms with van der Waals surface area (Å²) in [6.45, 7) is 0. The number of rotatable bonds is 1. The first-order valence-electron chi connectivity index (χ1n) is 4.04. The Hall–Kier alpha value is -0.847. The molecule has 1 N–H and O–H groups in total. The number of benzene rings is 1. The predicted molar refractivity (Wildman–Crippen MR) is 53.3 cm³/mol. The predicted octanol–water partition coefficient (Wildman–Crippen LogP) is 2.24. The summed E-state index contributed by atoms with van der Waals surface area (Å²) in [6, 6.07) is 0.168. The summed E-state index contributed by atoms with van der Waals surface area (Å²) in [4.78, 5) is 10.4. The van der Waals surface area contributed by atoms with Gasteiger partial charge < -0.3 is 5.11 Å². The van der Waals surface area contributed by atoms with Gasteiger partial charge >= 0.3 is 44.5 Å². The standard InChI is InChI=1S/C9H4F6O2.Bi.3H/c10-8(11,12)5-1-4(7(16)17)2-6(3-5)9(13,14)15;;;;/h1-3H,(H,16,17);;;;. The number of alkyl halides is 6. The van der Waals surface area contributed by atoms with Gasteiger partial charge in [0.25, 0.3) is 0 Å². The average molecular weight is 470 g/mol. The Bertz CT molecular complexity index is 419. The molecular weight excluding hydrogens is 463 g/mol. The van der Waals surface area contributed by atoms with Crippen molar-refractivity contribution in [1.82, 2.24) is 0 Å². The van der Waals surface area contributed by atoms with E-state index in [9.17, 15) is 31.1 Å². The molecule has 0 radical (unpaired) electrons. The Morgan fingerprint density at radius 2 is 1.22 bits per heavy atom. The molecule has 18 heavy (non-hydrogen) atoms. The molecular formula is C9H7BiF6O2. The summed E-state index contributed by atoms with van der Waals surface area (Å²) in [5.41, 5.74) is -4.36. The van der Waals surface area contributed by atoms with E-state index in [-0.39, 0.29) is 44.4 Å². The van der Waals surface area contributed by atoms with E-state index in [1.807, 2.05) is 0 Å². The van der Waals surface area contributed by atoms with Crippen molar-refractivity contribution in [3.8, 4) is 0 Å². The Morgan fingerprint density at radius 3 is 1.44 bits per heavy atom. The van der Waals surface area contributed by atoms with Crippen LogP contribution in [0.25, 0.3) is 0 Å². The molecule has 0 fully saturated rings. The molecule has 0 atom stereocenters. The molecule has 0 aliphatic heterocycles. The maximum absolute atomic E-state index is 12.2. The van der Waals surface area contributed by atoms with Crippen molar-refractivity contribution >= 4 is 32.2 Å². The fourth-order valence-electron chi connectivity index (χ4n) is 1.08. The number of aromatic carboxylic acids is 1. The van der Waals surface area contributed by atoms with Crippen molar-refractivity contribution in [2.24, 2.45) is 0 Å². The average Bonchev–Trinajstić information content (AvgIpc) is 2.14. The van der Waals surface area contributed by atoms with E-state index in [1.165, 1.54) is 0 Å². The molecule has 1 aromatic carbocycles. The third-order valence-electron chi connectivity index (χ3n) is 1.83. The molecule has 1 rings (SSSR count). The van der Waals surface area contributed by atoms with Crippen LogP contribution in [0, 0.1) is 0 Å². The Balaban J connectivity index is 0.00000289. The van der Waals surface area contributed by atoms with Gasteiger partial charge in [-0.3, -0.25) is 0 Å². The van der Waals surface area contributed by atoms with E-state index in [0.29, 0.717) is 0 Å². The van der Waals surface area contributed by atoms with Crippen LogP contribution in [0.4, 0.5) is 26.3 Å². The van der Waals surface area contributed by atoms with Gasteiger partial charge in [-0.1, -0.05) is 0 Å². The minimum atomic E-state index is -5.04. The van der Waals surface area contributed by atoms with Crippen LogP contribution in [0.5, 0.6) is 0 Å². The van der Waals surface area contributed by atoms with E-state index in [1.54, 1.807) is 0 Å². The summed E-state index contributed by atoms with van der Waals surface area (Å²) in [5, 5.41) is 8.43. The van der Waals surface area contributed by atoms with Crippen LogP contribution in [0.2, 0.25) is 0 Å². The number of carboxylic acid groups (broad SMARTS) is 1. The molecule has 0 aliphatic carbocycles. The molecule has 0 heterocycles. The van der Waals surface area contributed by atoms with Crippen molar-refractivity contribution in [1.29, 1.82) is 0 Å². The second-order valence-electron chi connectivity index (χ2n) is 3.10. The van der Waals surface area contributed by atoms with Gasteiger partial charge in [0.15, 0.2) is 0 Å². The Morgan fingerprint density at radius 1 is 0.889 bits per heavy atom. The molecule has 0 unspecified atom stereocenters. The van der Waals surface area contributed by atoms with Crippen molar-refractivity contribution in [2.45, 2.75) is 12.4 Å². The van der Waals surface area contributed by atoms with Crippen LogP contribution in [0.3, 0.4) is 0 Å². The molecule has 2 nitrogen and oxygen atoms in total. The number of hydrogen-bond acceptors (Lipinski definition) is 1. The van der Waals surface area contributed by atoms with Gasteiger partial charge in [0.2, 0.25) is 0 Å². The first-order valence-corrected chi connectivity index (χ1v) is 4.04. The van der Waals surface area contributed by atoms with Gasteiger partial charge in [-0.2, -0.15) is 26.3 Å². The SMILES string of the molecule is O=C(O)c1cc(C(F)(F)F)cc(C(F)(F)F)c1.[BiH3]. The van der Waals surface area contributed by atoms with Crippen molar-refractivity contribution < 1.29 is 36.2 Å².